The van der Waals surface area contributed by atoms with Gasteiger partial charge in [0.25, 0.3) is 0 Å². The van der Waals surface area contributed by atoms with Crippen LogP contribution in [0.5, 0.6) is 5.75 Å². The maximum absolute atomic E-state index is 12.5. The largest absolute Gasteiger partial charge is 0.497 e. The van der Waals surface area contributed by atoms with Gasteiger partial charge in [0.15, 0.2) is 8.68 Å². The Balaban J connectivity index is 1.45. The average molecular weight is 411 g/mol. The van der Waals surface area contributed by atoms with E-state index in [1.807, 2.05) is 17.0 Å². The maximum Gasteiger partial charge on any atom is 0.233 e. The summed E-state index contributed by atoms with van der Waals surface area (Å²) in [5.41, 5.74) is 1.17. The lowest BCUT2D eigenvalue weighted by atomic mass is 10.2. The Morgan fingerprint density at radius 3 is 2.38 bits per heavy atom. The topological polar surface area (TPSA) is 58.6 Å². The lowest BCUT2D eigenvalue weighted by Gasteiger charge is -2.36. The summed E-state index contributed by atoms with van der Waals surface area (Å²) >= 11 is 4.73. The number of anilines is 1. The van der Waals surface area contributed by atoms with E-state index in [0.29, 0.717) is 5.75 Å². The highest BCUT2D eigenvalue weighted by Gasteiger charge is 2.21. The van der Waals surface area contributed by atoms with Gasteiger partial charge in [-0.1, -0.05) is 41.8 Å². The lowest BCUT2D eigenvalue weighted by Crippen LogP contribution is -2.49. The van der Waals surface area contributed by atoms with Gasteiger partial charge >= 0.3 is 0 Å². The van der Waals surface area contributed by atoms with Crippen molar-refractivity contribution in [1.29, 1.82) is 0 Å². The Kier molecular flexibility index (Phi) is 7.04. The molecule has 1 amide bonds. The van der Waals surface area contributed by atoms with Crippen molar-refractivity contribution in [2.75, 3.05) is 49.7 Å². The van der Waals surface area contributed by atoms with Crippen LogP contribution in [0.2, 0.25) is 0 Å². The fourth-order valence-corrected chi connectivity index (χ4v) is 5.48. The van der Waals surface area contributed by atoms with E-state index >= 15 is 0 Å². The summed E-state index contributed by atoms with van der Waals surface area (Å²) in [5, 5.41) is 8.26. The predicted molar refractivity (Wildman–Crippen MR) is 109 cm³/mol. The summed E-state index contributed by atoms with van der Waals surface area (Å²) in [6.07, 6.45) is 0. The van der Waals surface area contributed by atoms with Gasteiger partial charge in [-0.15, -0.1) is 10.2 Å². The van der Waals surface area contributed by atoms with Crippen molar-refractivity contribution in [3.63, 3.8) is 0 Å². The van der Waals surface area contributed by atoms with Crippen LogP contribution in [0, 0.1) is 0 Å². The third-order valence-electron chi connectivity index (χ3n) is 4.04. The number of ether oxygens (including phenoxy) is 1. The molecule has 1 aliphatic rings. The second-order valence-corrected chi connectivity index (χ2v) is 9.33. The molecular formula is C17H22N4O2S3. The number of methoxy groups -OCH3 is 1. The molecule has 6 nitrogen and oxygen atoms in total. The van der Waals surface area contributed by atoms with E-state index in [1.54, 1.807) is 30.2 Å². The minimum absolute atomic E-state index is 0.171. The first-order valence-corrected chi connectivity index (χ1v) is 11.2. The van der Waals surface area contributed by atoms with E-state index in [2.05, 4.69) is 34.2 Å². The second-order valence-electron chi connectivity index (χ2n) is 5.62. The number of nitrogens with zero attached hydrogens (tertiary/aromatic N) is 4. The van der Waals surface area contributed by atoms with Crippen molar-refractivity contribution in [3.05, 3.63) is 24.3 Å². The van der Waals surface area contributed by atoms with E-state index in [0.717, 1.165) is 46.4 Å². The molecule has 0 N–H and O–H groups in total. The first-order chi connectivity index (χ1) is 12.7. The van der Waals surface area contributed by atoms with Crippen LogP contribution >= 0.6 is 34.9 Å². The highest BCUT2D eigenvalue weighted by molar-refractivity contribution is 8.03. The number of carbonyl (C=O) groups excluding carboxylic acids is 1. The summed E-state index contributed by atoms with van der Waals surface area (Å²) in [6, 6.07) is 8.06. The monoisotopic (exact) mass is 410 g/mol. The van der Waals surface area contributed by atoms with E-state index in [1.165, 1.54) is 17.4 Å². The predicted octanol–water partition coefficient (Wildman–Crippen LogP) is 3.10. The van der Waals surface area contributed by atoms with Crippen LogP contribution in [0.25, 0.3) is 0 Å². The van der Waals surface area contributed by atoms with Crippen LogP contribution in [0.4, 0.5) is 5.69 Å². The summed E-state index contributed by atoms with van der Waals surface area (Å²) in [7, 11) is 1.67. The summed E-state index contributed by atoms with van der Waals surface area (Å²) in [4.78, 5) is 16.7. The standard InChI is InChI=1S/C17H22N4O2S3/c1-3-24-16-18-19-17(26-16)25-12-15(22)21-10-8-20(9-11-21)13-4-6-14(23-2)7-5-13/h4-7H,3,8-12H2,1-2H3. The number of amides is 1. The number of rotatable bonds is 7. The molecule has 0 atom stereocenters. The zero-order valence-electron chi connectivity index (χ0n) is 14.9. The molecule has 0 radical (unpaired) electrons. The van der Waals surface area contributed by atoms with Crippen molar-refractivity contribution in [1.82, 2.24) is 15.1 Å². The number of hydrogen-bond donors (Lipinski definition) is 0. The molecule has 140 valence electrons. The molecule has 1 fully saturated rings. The van der Waals surface area contributed by atoms with Crippen molar-refractivity contribution >= 4 is 46.5 Å². The zero-order chi connectivity index (χ0) is 18.4. The molecule has 0 saturated carbocycles. The first kappa shape index (κ1) is 19.3. The summed E-state index contributed by atoms with van der Waals surface area (Å²) in [6.45, 7) is 5.28. The number of piperazine rings is 1. The minimum Gasteiger partial charge on any atom is -0.497 e. The smallest absolute Gasteiger partial charge is 0.233 e. The quantitative estimate of drug-likeness (QED) is 0.650. The SMILES string of the molecule is CCSc1nnc(SCC(=O)N2CCN(c3ccc(OC)cc3)CC2)s1. The van der Waals surface area contributed by atoms with Crippen LogP contribution in [-0.4, -0.2) is 65.8 Å². The van der Waals surface area contributed by atoms with Gasteiger partial charge in [-0.2, -0.15) is 0 Å². The summed E-state index contributed by atoms with van der Waals surface area (Å²) in [5.74, 6) is 2.44. The lowest BCUT2D eigenvalue weighted by molar-refractivity contribution is -0.128. The molecule has 1 aromatic heterocycles. The maximum atomic E-state index is 12.5. The van der Waals surface area contributed by atoms with E-state index in [9.17, 15) is 4.79 Å². The second kappa shape index (κ2) is 9.48. The normalized spacial score (nSPS) is 14.5. The van der Waals surface area contributed by atoms with Gasteiger partial charge in [-0.25, -0.2) is 0 Å². The van der Waals surface area contributed by atoms with E-state index < -0.39 is 0 Å². The molecule has 2 aromatic rings. The molecule has 0 spiro atoms. The highest BCUT2D eigenvalue weighted by Crippen LogP contribution is 2.28. The number of carbonyl (C=O) groups is 1. The van der Waals surface area contributed by atoms with E-state index in [4.69, 9.17) is 4.74 Å². The van der Waals surface area contributed by atoms with Gasteiger partial charge < -0.3 is 14.5 Å². The molecule has 1 aliphatic heterocycles. The molecule has 1 aromatic carbocycles. The molecule has 1 saturated heterocycles. The van der Waals surface area contributed by atoms with E-state index in [-0.39, 0.29) is 5.91 Å². The Bertz CT molecular complexity index is 715. The minimum atomic E-state index is 0.171. The Morgan fingerprint density at radius 2 is 1.77 bits per heavy atom. The van der Waals surface area contributed by atoms with Gasteiger partial charge in [0.2, 0.25) is 5.91 Å². The van der Waals surface area contributed by atoms with Crippen LogP contribution in [0.1, 0.15) is 6.92 Å². The van der Waals surface area contributed by atoms with Crippen molar-refractivity contribution in [3.8, 4) is 5.75 Å². The molecular weight excluding hydrogens is 388 g/mol. The third kappa shape index (κ3) is 5.05. The van der Waals surface area contributed by atoms with Gasteiger partial charge in [0.1, 0.15) is 5.75 Å². The zero-order valence-corrected chi connectivity index (χ0v) is 17.3. The van der Waals surface area contributed by atoms with Gasteiger partial charge in [0, 0.05) is 31.9 Å². The van der Waals surface area contributed by atoms with Crippen LogP contribution < -0.4 is 9.64 Å². The molecule has 26 heavy (non-hydrogen) atoms. The summed E-state index contributed by atoms with van der Waals surface area (Å²) < 4.78 is 7.03. The van der Waals surface area contributed by atoms with Crippen molar-refractivity contribution < 1.29 is 9.53 Å². The van der Waals surface area contributed by atoms with Gasteiger partial charge in [-0.3, -0.25) is 4.79 Å². The number of aromatic nitrogens is 2. The van der Waals surface area contributed by atoms with Crippen LogP contribution in [0.3, 0.4) is 0 Å². The number of thioether (sulfide) groups is 2. The Morgan fingerprint density at radius 1 is 1.12 bits per heavy atom. The van der Waals surface area contributed by atoms with Crippen LogP contribution in [-0.2, 0) is 4.79 Å². The molecule has 3 rings (SSSR count). The average Bonchev–Trinajstić information content (AvgIpc) is 3.14. The Labute approximate surface area is 166 Å². The number of hydrogen-bond acceptors (Lipinski definition) is 8. The fraction of sp³-hybridized carbons (Fsp3) is 0.471. The molecule has 9 heteroatoms. The molecule has 0 unspecified atom stereocenters. The molecule has 0 aliphatic carbocycles. The number of benzene rings is 1. The van der Waals surface area contributed by atoms with Gasteiger partial charge in [0.05, 0.1) is 12.9 Å². The van der Waals surface area contributed by atoms with Crippen molar-refractivity contribution in [2.45, 2.75) is 15.6 Å². The fourth-order valence-electron chi connectivity index (χ4n) is 2.66. The molecule has 2 heterocycles. The third-order valence-corrected chi connectivity index (χ3v) is 7.10. The molecule has 0 bridgehead atoms. The first-order valence-electron chi connectivity index (χ1n) is 8.45. The van der Waals surface area contributed by atoms with Crippen LogP contribution in [0.15, 0.2) is 32.9 Å². The Hall–Kier alpha value is -1.45. The van der Waals surface area contributed by atoms with Crippen molar-refractivity contribution in [2.24, 2.45) is 0 Å². The van der Waals surface area contributed by atoms with Gasteiger partial charge in [-0.05, 0) is 30.0 Å². The highest BCUT2D eigenvalue weighted by atomic mass is 32.2.